The van der Waals surface area contributed by atoms with Crippen molar-refractivity contribution in [3.63, 3.8) is 0 Å². The molecule has 0 radical (unpaired) electrons. The molecule has 120 valence electrons. The summed E-state index contributed by atoms with van der Waals surface area (Å²) in [6, 6.07) is 7.36. The number of likely N-dealkylation sites (tertiary alicyclic amines) is 1. The third-order valence-corrected chi connectivity index (χ3v) is 4.18. The van der Waals surface area contributed by atoms with Gasteiger partial charge in [-0.25, -0.2) is 0 Å². The van der Waals surface area contributed by atoms with Gasteiger partial charge in [-0.2, -0.15) is 0 Å². The molecule has 3 heterocycles. The van der Waals surface area contributed by atoms with Crippen LogP contribution in [0.5, 0.6) is 5.75 Å². The lowest BCUT2D eigenvalue weighted by atomic mass is 9.97. The molecule has 5 nitrogen and oxygen atoms in total. The van der Waals surface area contributed by atoms with Gasteiger partial charge in [0.2, 0.25) is 0 Å². The lowest BCUT2D eigenvalue weighted by molar-refractivity contribution is 0.0661. The van der Waals surface area contributed by atoms with Crippen LogP contribution >= 0.6 is 0 Å². The molecule has 2 aromatic rings. The predicted molar refractivity (Wildman–Crippen MR) is 87.3 cm³/mol. The second-order valence-electron chi connectivity index (χ2n) is 5.92. The second-order valence-corrected chi connectivity index (χ2v) is 5.92. The van der Waals surface area contributed by atoms with Crippen LogP contribution in [0.2, 0.25) is 0 Å². The zero-order valence-electron chi connectivity index (χ0n) is 13.3. The summed E-state index contributed by atoms with van der Waals surface area (Å²) in [5, 5.41) is 0. The van der Waals surface area contributed by atoms with E-state index in [-0.39, 0.29) is 5.91 Å². The van der Waals surface area contributed by atoms with Crippen molar-refractivity contribution >= 4 is 5.91 Å². The Morgan fingerprint density at radius 3 is 2.65 bits per heavy atom. The first-order chi connectivity index (χ1) is 11.2. The number of carbonyl (C=O) groups excluding carboxylic acids is 1. The van der Waals surface area contributed by atoms with Crippen LogP contribution in [0.1, 0.15) is 28.9 Å². The van der Waals surface area contributed by atoms with Crippen LogP contribution in [-0.2, 0) is 0 Å². The van der Waals surface area contributed by atoms with Gasteiger partial charge < -0.3 is 9.64 Å². The van der Waals surface area contributed by atoms with Crippen molar-refractivity contribution in [2.24, 2.45) is 5.92 Å². The Labute approximate surface area is 136 Å². The summed E-state index contributed by atoms with van der Waals surface area (Å²) < 4.78 is 5.85. The quantitative estimate of drug-likeness (QED) is 0.871. The van der Waals surface area contributed by atoms with Gasteiger partial charge in [-0.05, 0) is 43.9 Å². The van der Waals surface area contributed by atoms with Crippen LogP contribution in [0.4, 0.5) is 0 Å². The zero-order valence-corrected chi connectivity index (χ0v) is 13.3. The van der Waals surface area contributed by atoms with Crippen molar-refractivity contribution in [3.05, 3.63) is 54.1 Å². The number of carbonyl (C=O) groups is 1. The summed E-state index contributed by atoms with van der Waals surface area (Å²) in [6.45, 7) is 4.21. The van der Waals surface area contributed by atoms with E-state index in [4.69, 9.17) is 4.74 Å². The molecular weight excluding hydrogens is 290 g/mol. The molecule has 3 rings (SSSR count). The van der Waals surface area contributed by atoms with Gasteiger partial charge in [-0.15, -0.1) is 0 Å². The Morgan fingerprint density at radius 1 is 1.22 bits per heavy atom. The third kappa shape index (κ3) is 4.06. The van der Waals surface area contributed by atoms with Gasteiger partial charge in [0, 0.05) is 49.0 Å². The van der Waals surface area contributed by atoms with Crippen molar-refractivity contribution in [1.29, 1.82) is 0 Å². The first-order valence-electron chi connectivity index (χ1n) is 7.97. The van der Waals surface area contributed by atoms with Crippen LogP contribution in [0.25, 0.3) is 0 Å². The van der Waals surface area contributed by atoms with E-state index >= 15 is 0 Å². The molecule has 0 aromatic carbocycles. The van der Waals surface area contributed by atoms with E-state index in [0.717, 1.165) is 37.4 Å². The van der Waals surface area contributed by atoms with Crippen LogP contribution < -0.4 is 4.74 Å². The molecule has 1 amide bonds. The molecule has 1 fully saturated rings. The Hall–Kier alpha value is -2.43. The standard InChI is InChI=1S/C18H21N3O2/c1-14-12-17(4-9-20-14)23-13-15-5-10-21(11-6-15)18(22)16-2-7-19-8-3-16/h2-4,7-9,12,15H,5-6,10-11,13H2,1H3. The monoisotopic (exact) mass is 311 g/mol. The van der Waals surface area contributed by atoms with Crippen molar-refractivity contribution in [3.8, 4) is 5.75 Å². The molecule has 2 aromatic heterocycles. The molecule has 0 unspecified atom stereocenters. The Morgan fingerprint density at radius 2 is 1.96 bits per heavy atom. The summed E-state index contributed by atoms with van der Waals surface area (Å²) in [5.74, 6) is 1.45. The van der Waals surface area contributed by atoms with Gasteiger partial charge in [0.05, 0.1) is 6.61 Å². The Bertz CT molecular complexity index is 652. The smallest absolute Gasteiger partial charge is 0.253 e. The van der Waals surface area contributed by atoms with Gasteiger partial charge in [0.25, 0.3) is 5.91 Å². The van der Waals surface area contributed by atoms with E-state index < -0.39 is 0 Å². The molecule has 0 aliphatic carbocycles. The van der Waals surface area contributed by atoms with E-state index in [1.54, 1.807) is 30.7 Å². The molecule has 0 saturated carbocycles. The van der Waals surface area contributed by atoms with Gasteiger partial charge in [-0.1, -0.05) is 0 Å². The normalized spacial score (nSPS) is 15.4. The topological polar surface area (TPSA) is 55.3 Å². The highest BCUT2D eigenvalue weighted by atomic mass is 16.5. The SMILES string of the molecule is Cc1cc(OCC2CCN(C(=O)c3ccncc3)CC2)ccn1. The number of hydrogen-bond donors (Lipinski definition) is 0. The maximum atomic E-state index is 12.4. The van der Waals surface area contributed by atoms with Gasteiger partial charge in [0.15, 0.2) is 0 Å². The van der Waals surface area contributed by atoms with Crippen molar-refractivity contribution in [2.75, 3.05) is 19.7 Å². The highest BCUT2D eigenvalue weighted by Crippen LogP contribution is 2.21. The van der Waals surface area contributed by atoms with Crippen molar-refractivity contribution in [2.45, 2.75) is 19.8 Å². The summed E-state index contributed by atoms with van der Waals surface area (Å²) in [4.78, 5) is 22.4. The lowest BCUT2D eigenvalue weighted by Gasteiger charge is -2.32. The fraction of sp³-hybridized carbons (Fsp3) is 0.389. The molecule has 0 spiro atoms. The van der Waals surface area contributed by atoms with Crippen molar-refractivity contribution in [1.82, 2.24) is 14.9 Å². The highest BCUT2D eigenvalue weighted by Gasteiger charge is 2.24. The van der Waals surface area contributed by atoms with Gasteiger partial charge >= 0.3 is 0 Å². The van der Waals surface area contributed by atoms with Gasteiger partial charge in [0.1, 0.15) is 5.75 Å². The van der Waals surface area contributed by atoms with Crippen molar-refractivity contribution < 1.29 is 9.53 Å². The maximum absolute atomic E-state index is 12.4. The Kier molecular flexibility index (Phi) is 4.86. The molecule has 23 heavy (non-hydrogen) atoms. The van der Waals surface area contributed by atoms with Gasteiger partial charge in [-0.3, -0.25) is 14.8 Å². The fourth-order valence-corrected chi connectivity index (χ4v) is 2.80. The molecule has 0 N–H and O–H groups in total. The number of hydrogen-bond acceptors (Lipinski definition) is 4. The van der Waals surface area contributed by atoms with Crippen LogP contribution in [0.3, 0.4) is 0 Å². The third-order valence-electron chi connectivity index (χ3n) is 4.18. The number of ether oxygens (including phenoxy) is 1. The molecule has 1 aliphatic rings. The van der Waals surface area contributed by atoms with Crippen LogP contribution in [0, 0.1) is 12.8 Å². The number of amides is 1. The first kappa shape index (κ1) is 15.5. The minimum absolute atomic E-state index is 0.0940. The summed E-state index contributed by atoms with van der Waals surface area (Å²) in [6.07, 6.45) is 7.03. The predicted octanol–water partition coefficient (Wildman–Crippen LogP) is 2.72. The zero-order chi connectivity index (χ0) is 16.1. The minimum atomic E-state index is 0.0940. The number of aryl methyl sites for hydroxylation is 1. The molecule has 5 heteroatoms. The number of nitrogens with zero attached hydrogens (tertiary/aromatic N) is 3. The average Bonchev–Trinajstić information content (AvgIpc) is 2.61. The molecular formula is C18H21N3O2. The summed E-state index contributed by atoms with van der Waals surface area (Å²) in [7, 11) is 0. The van der Waals surface area contributed by atoms with Crippen LogP contribution in [0.15, 0.2) is 42.9 Å². The Balaban J connectivity index is 1.48. The average molecular weight is 311 g/mol. The van der Waals surface area contributed by atoms with E-state index in [2.05, 4.69) is 9.97 Å². The lowest BCUT2D eigenvalue weighted by Crippen LogP contribution is -2.39. The summed E-state index contributed by atoms with van der Waals surface area (Å²) in [5.41, 5.74) is 1.67. The number of pyridine rings is 2. The van der Waals surface area contributed by atoms with E-state index in [1.165, 1.54) is 0 Å². The highest BCUT2D eigenvalue weighted by molar-refractivity contribution is 5.94. The molecule has 0 bridgehead atoms. The van der Waals surface area contributed by atoms with E-state index in [1.807, 2.05) is 24.0 Å². The maximum Gasteiger partial charge on any atom is 0.253 e. The first-order valence-corrected chi connectivity index (χ1v) is 7.97. The molecule has 0 atom stereocenters. The number of piperidine rings is 1. The fourth-order valence-electron chi connectivity index (χ4n) is 2.80. The number of aromatic nitrogens is 2. The summed E-state index contributed by atoms with van der Waals surface area (Å²) >= 11 is 0. The molecule has 1 aliphatic heterocycles. The van der Waals surface area contributed by atoms with E-state index in [9.17, 15) is 4.79 Å². The van der Waals surface area contributed by atoms with Crippen LogP contribution in [-0.4, -0.2) is 40.5 Å². The second kappa shape index (κ2) is 7.22. The minimum Gasteiger partial charge on any atom is -0.493 e. The molecule has 1 saturated heterocycles. The number of rotatable bonds is 4. The van der Waals surface area contributed by atoms with E-state index in [0.29, 0.717) is 18.1 Å². The largest absolute Gasteiger partial charge is 0.493 e.